The molecule has 0 aliphatic heterocycles. The summed E-state index contributed by atoms with van der Waals surface area (Å²) in [7, 11) is 0. The Bertz CT molecular complexity index is 520. The third kappa shape index (κ3) is 2.98. The van der Waals surface area contributed by atoms with Gasteiger partial charge in [-0.25, -0.2) is 8.78 Å². The van der Waals surface area contributed by atoms with Crippen molar-refractivity contribution in [1.29, 1.82) is 0 Å². The van der Waals surface area contributed by atoms with Crippen LogP contribution in [0.15, 0.2) is 23.4 Å². The van der Waals surface area contributed by atoms with Gasteiger partial charge in [0.1, 0.15) is 5.41 Å². The molecule has 0 heterocycles. The predicted octanol–water partition coefficient (Wildman–Crippen LogP) is 2.07. The normalized spacial score (nSPS) is 14.8. The maximum Gasteiger partial charge on any atom is 0.238 e. The Labute approximate surface area is 109 Å². The van der Waals surface area contributed by atoms with Crippen molar-refractivity contribution in [2.45, 2.75) is 20.3 Å². The number of nitrogens with two attached hydrogens (primary N) is 1. The third-order valence-corrected chi connectivity index (χ3v) is 3.06. The molecule has 5 nitrogen and oxygen atoms in total. The van der Waals surface area contributed by atoms with Gasteiger partial charge in [0.25, 0.3) is 0 Å². The molecule has 1 aromatic carbocycles. The van der Waals surface area contributed by atoms with Crippen LogP contribution in [0.3, 0.4) is 0 Å². The summed E-state index contributed by atoms with van der Waals surface area (Å²) < 4.78 is 25.8. The van der Waals surface area contributed by atoms with Crippen molar-refractivity contribution in [1.82, 2.24) is 0 Å². The van der Waals surface area contributed by atoms with Gasteiger partial charge in [0.2, 0.25) is 5.91 Å². The lowest BCUT2D eigenvalue weighted by molar-refractivity contribution is -0.121. The Balaban J connectivity index is 2.98. The van der Waals surface area contributed by atoms with Gasteiger partial charge in [-0.1, -0.05) is 12.1 Å². The smallest absolute Gasteiger partial charge is 0.238 e. The first-order valence-electron chi connectivity index (χ1n) is 5.59. The quantitative estimate of drug-likeness (QED) is 0.339. The molecule has 1 rings (SSSR count). The summed E-state index contributed by atoms with van der Waals surface area (Å²) in [5, 5.41) is 13.9. The highest BCUT2D eigenvalue weighted by molar-refractivity contribution is 6.11. The molecule has 0 saturated carbocycles. The lowest BCUT2D eigenvalue weighted by Crippen LogP contribution is -2.44. The Morgan fingerprint density at radius 1 is 1.47 bits per heavy atom. The summed E-state index contributed by atoms with van der Waals surface area (Å²) >= 11 is 0. The number of hydrogen-bond acceptors (Lipinski definition) is 3. The minimum Gasteiger partial charge on any atom is -0.409 e. The van der Waals surface area contributed by atoms with Crippen LogP contribution in [0.2, 0.25) is 0 Å². The van der Waals surface area contributed by atoms with Gasteiger partial charge in [-0.15, -0.1) is 0 Å². The minimum absolute atomic E-state index is 0.0920. The molecule has 19 heavy (non-hydrogen) atoms. The molecule has 104 valence electrons. The zero-order chi connectivity index (χ0) is 14.6. The summed E-state index contributed by atoms with van der Waals surface area (Å²) in [5.74, 6) is -2.90. The van der Waals surface area contributed by atoms with E-state index in [1.165, 1.54) is 13.0 Å². The van der Waals surface area contributed by atoms with E-state index in [1.54, 1.807) is 6.92 Å². The Morgan fingerprint density at radius 3 is 2.58 bits per heavy atom. The van der Waals surface area contributed by atoms with Gasteiger partial charge >= 0.3 is 0 Å². The van der Waals surface area contributed by atoms with E-state index < -0.39 is 23.0 Å². The maximum absolute atomic E-state index is 13.0. The van der Waals surface area contributed by atoms with E-state index >= 15 is 0 Å². The van der Waals surface area contributed by atoms with E-state index in [2.05, 4.69) is 10.5 Å². The molecule has 0 fully saturated rings. The summed E-state index contributed by atoms with van der Waals surface area (Å²) in [4.78, 5) is 12.1. The van der Waals surface area contributed by atoms with E-state index in [0.29, 0.717) is 0 Å². The van der Waals surface area contributed by atoms with Crippen LogP contribution in [0.1, 0.15) is 20.3 Å². The fourth-order valence-electron chi connectivity index (χ4n) is 1.41. The number of anilines is 1. The largest absolute Gasteiger partial charge is 0.409 e. The number of rotatable bonds is 4. The van der Waals surface area contributed by atoms with Gasteiger partial charge in [-0.2, -0.15) is 0 Å². The molecule has 0 bridgehead atoms. The Kier molecular flexibility index (Phi) is 4.42. The second-order valence-electron chi connectivity index (χ2n) is 4.25. The van der Waals surface area contributed by atoms with Crippen LogP contribution in [0.4, 0.5) is 14.5 Å². The molecular formula is C12H15F2N3O2. The van der Waals surface area contributed by atoms with Crippen molar-refractivity contribution in [3.05, 3.63) is 29.8 Å². The number of carbonyl (C=O) groups excluding carboxylic acids is 1. The summed E-state index contributed by atoms with van der Waals surface area (Å²) in [6.07, 6.45) is 0.276. The average Bonchev–Trinajstić information content (AvgIpc) is 2.40. The molecule has 7 heteroatoms. The van der Waals surface area contributed by atoms with Crippen LogP contribution in [0, 0.1) is 17.0 Å². The lowest BCUT2D eigenvalue weighted by atomic mass is 9.85. The van der Waals surface area contributed by atoms with Crippen LogP contribution in [-0.4, -0.2) is 17.0 Å². The van der Waals surface area contributed by atoms with Gasteiger partial charge in [0.15, 0.2) is 17.5 Å². The van der Waals surface area contributed by atoms with Crippen LogP contribution in [0.5, 0.6) is 0 Å². The van der Waals surface area contributed by atoms with Gasteiger partial charge in [0.05, 0.1) is 0 Å². The monoisotopic (exact) mass is 271 g/mol. The fraction of sp³-hybridized carbons (Fsp3) is 0.333. The maximum atomic E-state index is 13.0. The standard InChI is InChI=1S/C12H15F2N3O2/c1-3-12(2,10(15)17-19)11(18)16-7-4-5-8(13)9(14)6-7/h4-6,19H,3H2,1-2H3,(H2,15,17)(H,16,18). The van der Waals surface area contributed by atoms with Crippen LogP contribution < -0.4 is 11.1 Å². The summed E-state index contributed by atoms with van der Waals surface area (Å²) in [6.45, 7) is 3.17. The first-order chi connectivity index (χ1) is 8.85. The molecule has 1 unspecified atom stereocenters. The van der Waals surface area contributed by atoms with Crippen molar-refractivity contribution in [3.8, 4) is 0 Å². The van der Waals surface area contributed by atoms with Crippen molar-refractivity contribution in [3.63, 3.8) is 0 Å². The topological polar surface area (TPSA) is 87.7 Å². The molecule has 0 aliphatic carbocycles. The number of nitrogens with one attached hydrogen (secondary N) is 1. The zero-order valence-corrected chi connectivity index (χ0v) is 10.6. The van der Waals surface area contributed by atoms with Crippen LogP contribution in [0.25, 0.3) is 0 Å². The van der Waals surface area contributed by atoms with Crippen molar-refractivity contribution < 1.29 is 18.8 Å². The van der Waals surface area contributed by atoms with E-state index in [9.17, 15) is 13.6 Å². The molecule has 0 saturated heterocycles. The third-order valence-electron chi connectivity index (χ3n) is 3.06. The average molecular weight is 271 g/mol. The number of amidine groups is 1. The second kappa shape index (κ2) is 5.64. The molecule has 0 aliphatic rings. The number of oxime groups is 1. The molecule has 1 atom stereocenters. The van der Waals surface area contributed by atoms with Gasteiger partial charge in [0, 0.05) is 11.8 Å². The number of amides is 1. The van der Waals surface area contributed by atoms with E-state index in [-0.39, 0.29) is 17.9 Å². The van der Waals surface area contributed by atoms with Crippen molar-refractivity contribution >= 4 is 17.4 Å². The first-order valence-corrected chi connectivity index (χ1v) is 5.59. The first kappa shape index (κ1) is 14.9. The predicted molar refractivity (Wildman–Crippen MR) is 66.8 cm³/mol. The summed E-state index contributed by atoms with van der Waals surface area (Å²) in [6, 6.07) is 2.98. The Morgan fingerprint density at radius 2 is 2.11 bits per heavy atom. The molecule has 0 radical (unpaired) electrons. The van der Waals surface area contributed by atoms with E-state index in [1.807, 2.05) is 0 Å². The van der Waals surface area contributed by atoms with E-state index in [0.717, 1.165) is 12.1 Å². The number of hydrogen-bond donors (Lipinski definition) is 3. The highest BCUT2D eigenvalue weighted by Crippen LogP contribution is 2.24. The van der Waals surface area contributed by atoms with Crippen LogP contribution >= 0.6 is 0 Å². The zero-order valence-electron chi connectivity index (χ0n) is 10.6. The molecule has 4 N–H and O–H groups in total. The molecule has 1 amide bonds. The molecule has 1 aromatic rings. The number of carbonyl (C=O) groups is 1. The number of benzene rings is 1. The van der Waals surface area contributed by atoms with Crippen molar-refractivity contribution in [2.75, 3.05) is 5.32 Å². The minimum atomic E-state index is -1.24. The highest BCUT2D eigenvalue weighted by Gasteiger charge is 2.36. The highest BCUT2D eigenvalue weighted by atomic mass is 19.2. The lowest BCUT2D eigenvalue weighted by Gasteiger charge is -2.25. The van der Waals surface area contributed by atoms with E-state index in [4.69, 9.17) is 10.9 Å². The van der Waals surface area contributed by atoms with Gasteiger partial charge in [-0.3, -0.25) is 4.79 Å². The summed E-state index contributed by atoms with van der Waals surface area (Å²) in [5.41, 5.74) is 4.33. The molecular weight excluding hydrogens is 256 g/mol. The second-order valence-corrected chi connectivity index (χ2v) is 4.25. The van der Waals surface area contributed by atoms with Crippen molar-refractivity contribution in [2.24, 2.45) is 16.3 Å². The Hall–Kier alpha value is -2.18. The van der Waals surface area contributed by atoms with Gasteiger partial charge < -0.3 is 16.3 Å². The SMILES string of the molecule is CCC(C)(C(=O)Nc1ccc(F)c(F)c1)/C(N)=N/O. The van der Waals surface area contributed by atoms with Crippen LogP contribution in [-0.2, 0) is 4.79 Å². The molecule has 0 spiro atoms. The number of halogens is 2. The molecule has 0 aromatic heterocycles. The number of nitrogens with zero attached hydrogens (tertiary/aromatic N) is 1. The van der Waals surface area contributed by atoms with Gasteiger partial charge in [-0.05, 0) is 25.5 Å². The fourth-order valence-corrected chi connectivity index (χ4v) is 1.41.